The van der Waals surface area contributed by atoms with Crippen molar-refractivity contribution in [2.24, 2.45) is 0 Å². The van der Waals surface area contributed by atoms with Gasteiger partial charge in [0.2, 0.25) is 11.8 Å². The summed E-state index contributed by atoms with van der Waals surface area (Å²) in [6.07, 6.45) is 1.45. The van der Waals surface area contributed by atoms with Crippen molar-refractivity contribution in [3.63, 3.8) is 0 Å². The van der Waals surface area contributed by atoms with Gasteiger partial charge in [0.1, 0.15) is 0 Å². The molecule has 2 amide bonds. The molecular weight excluding hydrogens is 208 g/mol. The highest BCUT2D eigenvalue weighted by Crippen LogP contribution is 2.16. The summed E-state index contributed by atoms with van der Waals surface area (Å²) in [7, 11) is 1.48. The van der Waals surface area contributed by atoms with Gasteiger partial charge in [-0.15, -0.1) is 0 Å². The summed E-state index contributed by atoms with van der Waals surface area (Å²) in [6.45, 7) is 4.15. The number of nitrogens with zero attached hydrogens (tertiary/aromatic N) is 1. The number of carbonyl (C=O) groups excluding carboxylic acids is 2. The van der Waals surface area contributed by atoms with Crippen LogP contribution in [0.3, 0.4) is 0 Å². The van der Waals surface area contributed by atoms with E-state index in [0.29, 0.717) is 19.4 Å². The molecule has 0 aliphatic carbocycles. The Bertz CT molecular complexity index is 287. The molecule has 1 aliphatic rings. The minimum Gasteiger partial charge on any atom is -0.389 e. The van der Waals surface area contributed by atoms with Gasteiger partial charge in [-0.2, -0.15) is 0 Å². The van der Waals surface area contributed by atoms with E-state index in [1.165, 1.54) is 7.05 Å². The third-order valence-electron chi connectivity index (χ3n) is 3.38. The fourth-order valence-corrected chi connectivity index (χ4v) is 1.73. The molecule has 0 saturated carbocycles. The zero-order valence-corrected chi connectivity index (χ0v) is 10.1. The van der Waals surface area contributed by atoms with Crippen LogP contribution in [0.15, 0.2) is 0 Å². The van der Waals surface area contributed by atoms with Crippen LogP contribution >= 0.6 is 0 Å². The molecule has 0 aromatic rings. The number of amides is 2. The van der Waals surface area contributed by atoms with Gasteiger partial charge in [0.15, 0.2) is 0 Å². The van der Waals surface area contributed by atoms with Crippen molar-refractivity contribution >= 4 is 11.8 Å². The van der Waals surface area contributed by atoms with Gasteiger partial charge in [-0.25, -0.2) is 0 Å². The summed E-state index contributed by atoms with van der Waals surface area (Å²) < 4.78 is 0. The SMILES string of the molecule is CCC(O)(CC)CNC1CC(=O)N(C)C1=O. The summed E-state index contributed by atoms with van der Waals surface area (Å²) in [6, 6.07) is -0.470. The van der Waals surface area contributed by atoms with Crippen LogP contribution in [0.25, 0.3) is 0 Å². The van der Waals surface area contributed by atoms with Gasteiger partial charge >= 0.3 is 0 Å². The highest BCUT2D eigenvalue weighted by atomic mass is 16.3. The maximum atomic E-state index is 11.6. The molecule has 2 N–H and O–H groups in total. The summed E-state index contributed by atoms with van der Waals surface area (Å²) in [4.78, 5) is 24.0. The second kappa shape index (κ2) is 4.93. The average molecular weight is 228 g/mol. The molecule has 1 fully saturated rings. The van der Waals surface area contributed by atoms with Gasteiger partial charge in [0.25, 0.3) is 0 Å². The topological polar surface area (TPSA) is 69.6 Å². The number of likely N-dealkylation sites (N-methyl/N-ethyl adjacent to an activating group) is 1. The van der Waals surface area contributed by atoms with Crippen LogP contribution in [-0.2, 0) is 9.59 Å². The Balaban J connectivity index is 2.51. The molecular formula is C11H20N2O3. The normalized spacial score (nSPS) is 22.0. The Morgan fingerprint density at radius 3 is 2.38 bits per heavy atom. The standard InChI is InChI=1S/C11H20N2O3/c1-4-11(16,5-2)7-12-8-6-9(14)13(3)10(8)15/h8,12,16H,4-7H2,1-3H3. The minimum atomic E-state index is -0.787. The van der Waals surface area contributed by atoms with Crippen molar-refractivity contribution in [1.82, 2.24) is 10.2 Å². The molecule has 92 valence electrons. The molecule has 1 unspecified atom stereocenters. The van der Waals surface area contributed by atoms with Crippen LogP contribution in [-0.4, -0.2) is 47.1 Å². The molecule has 0 aromatic heterocycles. The average Bonchev–Trinajstić information content (AvgIpc) is 2.54. The summed E-state index contributed by atoms with van der Waals surface area (Å²) >= 11 is 0. The van der Waals surface area contributed by atoms with E-state index in [-0.39, 0.29) is 18.2 Å². The number of carbonyl (C=O) groups is 2. The lowest BCUT2D eigenvalue weighted by Crippen LogP contribution is -2.46. The number of aliphatic hydroxyl groups is 1. The predicted molar refractivity (Wildman–Crippen MR) is 59.7 cm³/mol. The lowest BCUT2D eigenvalue weighted by molar-refractivity contribution is -0.137. The summed E-state index contributed by atoms with van der Waals surface area (Å²) in [5.41, 5.74) is -0.787. The van der Waals surface area contributed by atoms with Gasteiger partial charge in [-0.1, -0.05) is 13.8 Å². The van der Waals surface area contributed by atoms with Crippen molar-refractivity contribution < 1.29 is 14.7 Å². The number of imide groups is 1. The molecule has 5 nitrogen and oxygen atoms in total. The highest BCUT2D eigenvalue weighted by Gasteiger charge is 2.37. The number of likely N-dealkylation sites (tertiary alicyclic amines) is 1. The van der Waals surface area contributed by atoms with Gasteiger partial charge in [-0.05, 0) is 12.8 Å². The van der Waals surface area contributed by atoms with E-state index in [9.17, 15) is 14.7 Å². The summed E-state index contributed by atoms with van der Waals surface area (Å²) in [5.74, 6) is -0.376. The van der Waals surface area contributed by atoms with Crippen molar-refractivity contribution in [3.8, 4) is 0 Å². The minimum absolute atomic E-state index is 0.168. The number of rotatable bonds is 5. The smallest absolute Gasteiger partial charge is 0.246 e. The van der Waals surface area contributed by atoms with Crippen molar-refractivity contribution in [2.45, 2.75) is 44.8 Å². The van der Waals surface area contributed by atoms with E-state index in [2.05, 4.69) is 5.32 Å². The molecule has 0 spiro atoms. The molecule has 1 atom stereocenters. The van der Waals surface area contributed by atoms with Crippen LogP contribution in [0.4, 0.5) is 0 Å². The molecule has 0 radical (unpaired) electrons. The second-order valence-corrected chi connectivity index (χ2v) is 4.36. The largest absolute Gasteiger partial charge is 0.389 e. The predicted octanol–water partition coefficient (Wildman–Crippen LogP) is -0.116. The van der Waals surface area contributed by atoms with E-state index in [0.717, 1.165) is 4.90 Å². The Hall–Kier alpha value is -0.940. The first-order chi connectivity index (χ1) is 7.43. The van der Waals surface area contributed by atoms with Gasteiger partial charge in [-0.3, -0.25) is 14.5 Å². The zero-order chi connectivity index (χ0) is 12.3. The molecule has 0 aromatic carbocycles. The van der Waals surface area contributed by atoms with Crippen LogP contribution in [0.2, 0.25) is 0 Å². The maximum Gasteiger partial charge on any atom is 0.246 e. The Kier molecular flexibility index (Phi) is 4.04. The van der Waals surface area contributed by atoms with Crippen LogP contribution < -0.4 is 5.32 Å². The fourth-order valence-electron chi connectivity index (χ4n) is 1.73. The van der Waals surface area contributed by atoms with Crippen molar-refractivity contribution in [2.75, 3.05) is 13.6 Å². The summed E-state index contributed by atoms with van der Waals surface area (Å²) in [5, 5.41) is 13.0. The number of hydrogen-bond acceptors (Lipinski definition) is 4. The lowest BCUT2D eigenvalue weighted by atomic mass is 9.97. The van der Waals surface area contributed by atoms with Crippen LogP contribution in [0.1, 0.15) is 33.1 Å². The van der Waals surface area contributed by atoms with Gasteiger partial charge in [0, 0.05) is 13.6 Å². The van der Waals surface area contributed by atoms with Crippen LogP contribution in [0.5, 0.6) is 0 Å². The number of nitrogens with one attached hydrogen (secondary N) is 1. The molecule has 1 rings (SSSR count). The number of hydrogen-bond donors (Lipinski definition) is 2. The second-order valence-electron chi connectivity index (χ2n) is 4.36. The first kappa shape index (κ1) is 13.1. The van der Waals surface area contributed by atoms with Gasteiger partial charge < -0.3 is 10.4 Å². The van der Waals surface area contributed by atoms with Gasteiger partial charge in [0.05, 0.1) is 18.1 Å². The Morgan fingerprint density at radius 2 is 2.00 bits per heavy atom. The quantitative estimate of drug-likeness (QED) is 0.644. The fraction of sp³-hybridized carbons (Fsp3) is 0.818. The Morgan fingerprint density at radius 1 is 1.44 bits per heavy atom. The molecule has 5 heteroatoms. The molecule has 16 heavy (non-hydrogen) atoms. The third-order valence-corrected chi connectivity index (χ3v) is 3.38. The van der Waals surface area contributed by atoms with E-state index < -0.39 is 11.6 Å². The molecule has 1 saturated heterocycles. The maximum absolute atomic E-state index is 11.6. The van der Waals surface area contributed by atoms with E-state index >= 15 is 0 Å². The lowest BCUT2D eigenvalue weighted by Gasteiger charge is -2.26. The van der Waals surface area contributed by atoms with Crippen molar-refractivity contribution in [3.05, 3.63) is 0 Å². The van der Waals surface area contributed by atoms with Crippen molar-refractivity contribution in [1.29, 1.82) is 0 Å². The zero-order valence-electron chi connectivity index (χ0n) is 10.1. The monoisotopic (exact) mass is 228 g/mol. The molecule has 0 bridgehead atoms. The highest BCUT2D eigenvalue weighted by molar-refractivity contribution is 6.05. The first-order valence-electron chi connectivity index (χ1n) is 5.69. The molecule has 1 aliphatic heterocycles. The first-order valence-corrected chi connectivity index (χ1v) is 5.69. The van der Waals surface area contributed by atoms with Crippen LogP contribution in [0, 0.1) is 0 Å². The Labute approximate surface area is 95.8 Å². The third kappa shape index (κ3) is 2.59. The van der Waals surface area contributed by atoms with E-state index in [4.69, 9.17) is 0 Å². The van der Waals surface area contributed by atoms with E-state index in [1.54, 1.807) is 0 Å². The van der Waals surface area contributed by atoms with E-state index in [1.807, 2.05) is 13.8 Å². The molecule has 1 heterocycles.